The van der Waals surface area contributed by atoms with Crippen LogP contribution in [-0.4, -0.2) is 0 Å². The van der Waals surface area contributed by atoms with Crippen molar-refractivity contribution in [2.24, 2.45) is 0 Å². The smallest absolute Gasteiger partial charge is 0.198 e. The maximum Gasteiger partial charge on any atom is 0.198 e. The van der Waals surface area contributed by atoms with Crippen molar-refractivity contribution in [3.05, 3.63) is 203 Å². The number of hydrogen-bond acceptors (Lipinski definition) is 2. The molecule has 64 heavy (non-hydrogen) atoms. The van der Waals surface area contributed by atoms with Crippen LogP contribution in [0.2, 0.25) is 0 Å². The number of rotatable bonds is 8. The molecule has 0 N–H and O–H groups in total. The van der Waals surface area contributed by atoms with Gasteiger partial charge in [0.1, 0.15) is 0 Å². The first kappa shape index (κ1) is 40.9. The summed E-state index contributed by atoms with van der Waals surface area (Å²) in [4.78, 5) is 4.20. The maximum absolute atomic E-state index is 17.1. The van der Waals surface area contributed by atoms with Crippen molar-refractivity contribution in [3.63, 3.8) is 0 Å². The molecule has 0 aliphatic carbocycles. The third-order valence-corrected chi connectivity index (χ3v) is 12.8. The summed E-state index contributed by atoms with van der Waals surface area (Å²) in [6.07, 6.45) is 0. The van der Waals surface area contributed by atoms with Crippen LogP contribution >= 0.6 is 0 Å². The average molecular weight is 847 g/mol. The molecule has 0 aliphatic rings. The molecule has 0 saturated heterocycles. The first-order valence-corrected chi connectivity index (χ1v) is 21.8. The molecule has 0 amide bonds. The van der Waals surface area contributed by atoms with Gasteiger partial charge in [-0.2, -0.15) is 0 Å². The first-order chi connectivity index (χ1) is 30.9. The molecule has 2 nitrogen and oxygen atoms in total. The van der Waals surface area contributed by atoms with E-state index >= 15 is 17.6 Å². The molecule has 0 fully saturated rings. The Labute approximate surface area is 370 Å². The average Bonchev–Trinajstić information content (AvgIpc) is 3.31. The molecule has 10 aromatic carbocycles. The van der Waals surface area contributed by atoms with E-state index in [2.05, 4.69) is 86.0 Å². The monoisotopic (exact) mass is 846 g/mol. The topological polar surface area (TPSA) is 6.48 Å². The van der Waals surface area contributed by atoms with Crippen LogP contribution in [0, 0.1) is 37.1 Å². The number of halogens is 4. The van der Waals surface area contributed by atoms with Gasteiger partial charge >= 0.3 is 0 Å². The van der Waals surface area contributed by atoms with Crippen LogP contribution in [0.15, 0.2) is 158 Å². The lowest BCUT2D eigenvalue weighted by molar-refractivity contribution is 0.418. The van der Waals surface area contributed by atoms with E-state index in [4.69, 9.17) is 0 Å². The van der Waals surface area contributed by atoms with Gasteiger partial charge in [0.25, 0.3) is 0 Å². The molecule has 0 spiro atoms. The van der Waals surface area contributed by atoms with E-state index in [0.29, 0.717) is 34.0 Å². The molecule has 0 bridgehead atoms. The molecule has 0 radical (unpaired) electrons. The second kappa shape index (κ2) is 15.9. The highest BCUT2D eigenvalue weighted by molar-refractivity contribution is 6.39. The summed E-state index contributed by atoms with van der Waals surface area (Å²) in [7, 11) is 0. The van der Waals surface area contributed by atoms with Crippen molar-refractivity contribution >= 4 is 88.0 Å². The lowest BCUT2D eigenvalue weighted by Gasteiger charge is -2.30. The van der Waals surface area contributed by atoms with Crippen molar-refractivity contribution in [3.8, 4) is 0 Å². The Morgan fingerprint density at radius 1 is 0.328 bits per heavy atom. The van der Waals surface area contributed by atoms with E-state index < -0.39 is 23.3 Å². The predicted molar refractivity (Wildman–Crippen MR) is 261 cm³/mol. The highest BCUT2D eigenvalue weighted by atomic mass is 19.2. The molecule has 10 rings (SSSR count). The Balaban J connectivity index is 1.39. The molecule has 316 valence electrons. The van der Waals surface area contributed by atoms with E-state index in [1.807, 2.05) is 123 Å². The van der Waals surface area contributed by atoms with Crippen LogP contribution in [0.4, 0.5) is 51.7 Å². The highest BCUT2D eigenvalue weighted by Gasteiger charge is 2.29. The van der Waals surface area contributed by atoms with Gasteiger partial charge in [0.2, 0.25) is 0 Å². The normalized spacial score (nSPS) is 11.9. The fourth-order valence-corrected chi connectivity index (χ4v) is 9.41. The number of hydrogen-bond donors (Lipinski definition) is 0. The zero-order valence-electron chi connectivity index (χ0n) is 36.6. The number of fused-ring (bicyclic) bond motifs is 10. The summed E-state index contributed by atoms with van der Waals surface area (Å²) in [5, 5.41) is 4.27. The Morgan fingerprint density at radius 2 is 0.625 bits per heavy atom. The van der Waals surface area contributed by atoms with Gasteiger partial charge in [-0.1, -0.05) is 136 Å². The van der Waals surface area contributed by atoms with Gasteiger partial charge in [0.05, 0.1) is 11.4 Å². The molecule has 6 heteroatoms. The van der Waals surface area contributed by atoms with Crippen molar-refractivity contribution in [1.29, 1.82) is 0 Å². The molecule has 0 atom stereocenters. The standard InChI is InChI=1S/C58H46F4N2/c1-33(2)37-19-27-41(28-20-37)63(39-23-15-35(5)16-24-39)49-31-47-51(45-13-9-7-11-43(45)49)52-46-14-10-8-12-44(46)50(32-48(52)54-53(47)55(59)57(61)58(62)56(54)60)64(40-25-17-36(6)18-26-40)42-29-21-38(22-30-42)34(3)4/h7-34H,1-6H3. The van der Waals surface area contributed by atoms with Gasteiger partial charge in [0, 0.05) is 44.3 Å². The molecular weight excluding hydrogens is 801 g/mol. The lowest BCUT2D eigenvalue weighted by Crippen LogP contribution is -2.12. The fourth-order valence-electron chi connectivity index (χ4n) is 9.41. The SMILES string of the molecule is Cc1ccc(N(c2ccc(C(C)C)cc2)c2cc3c4c(F)c(F)c(F)c(F)c4c4cc(N(c5ccc(C)cc5)c5ccc(C(C)C)cc5)c5ccccc5c4c3c3ccccc23)cc1. The van der Waals surface area contributed by atoms with Crippen molar-refractivity contribution < 1.29 is 17.6 Å². The van der Waals surface area contributed by atoms with Crippen LogP contribution in [0.3, 0.4) is 0 Å². The fraction of sp³-hybridized carbons (Fsp3) is 0.138. The Hall–Kier alpha value is -7.18. The molecule has 0 aliphatic heterocycles. The van der Waals surface area contributed by atoms with Gasteiger partial charge < -0.3 is 9.80 Å². The third kappa shape index (κ3) is 6.62. The molecule has 10 aromatic rings. The third-order valence-electron chi connectivity index (χ3n) is 12.8. The van der Waals surface area contributed by atoms with E-state index in [1.165, 1.54) is 11.1 Å². The molecule has 0 aromatic heterocycles. The zero-order valence-corrected chi connectivity index (χ0v) is 36.6. The largest absolute Gasteiger partial charge is 0.310 e. The molecule has 0 heterocycles. The van der Waals surface area contributed by atoms with E-state index in [9.17, 15) is 0 Å². The summed E-state index contributed by atoms with van der Waals surface area (Å²) >= 11 is 0. The van der Waals surface area contributed by atoms with E-state index in [0.717, 1.165) is 55.4 Å². The van der Waals surface area contributed by atoms with Crippen LogP contribution < -0.4 is 9.80 Å². The van der Waals surface area contributed by atoms with E-state index in [1.54, 1.807) is 0 Å². The molecule has 0 saturated carbocycles. The van der Waals surface area contributed by atoms with Gasteiger partial charge in [-0.25, -0.2) is 17.6 Å². The first-order valence-electron chi connectivity index (χ1n) is 21.8. The minimum absolute atomic E-state index is 0.264. The minimum atomic E-state index is -1.85. The van der Waals surface area contributed by atoms with Crippen molar-refractivity contribution in [1.82, 2.24) is 0 Å². The number of aryl methyl sites for hydroxylation is 2. The quantitative estimate of drug-likeness (QED) is 0.0651. The van der Waals surface area contributed by atoms with Crippen molar-refractivity contribution in [2.45, 2.75) is 53.4 Å². The summed E-state index contributed by atoms with van der Waals surface area (Å²) in [5.74, 6) is -5.99. The zero-order chi connectivity index (χ0) is 44.6. The lowest BCUT2D eigenvalue weighted by atomic mass is 9.86. The number of nitrogens with zero attached hydrogens (tertiary/aromatic N) is 2. The summed E-state index contributed by atoms with van der Waals surface area (Å²) < 4.78 is 66.0. The van der Waals surface area contributed by atoms with E-state index in [-0.39, 0.29) is 21.5 Å². The highest BCUT2D eigenvalue weighted by Crippen LogP contribution is 2.52. The summed E-state index contributed by atoms with van der Waals surface area (Å²) in [5.41, 5.74) is 9.22. The minimum Gasteiger partial charge on any atom is -0.310 e. The number of benzene rings is 10. The number of anilines is 6. The van der Waals surface area contributed by atoms with Crippen molar-refractivity contribution in [2.75, 3.05) is 9.80 Å². The second-order valence-corrected chi connectivity index (χ2v) is 17.6. The predicted octanol–water partition coefficient (Wildman–Crippen LogP) is 17.8. The van der Waals surface area contributed by atoms with Gasteiger partial charge in [0.15, 0.2) is 23.3 Å². The maximum atomic E-state index is 17.1. The van der Waals surface area contributed by atoms with Crippen LogP contribution in [-0.2, 0) is 0 Å². The Morgan fingerprint density at radius 3 is 0.938 bits per heavy atom. The summed E-state index contributed by atoms with van der Waals surface area (Å²) in [6.45, 7) is 12.6. The Bertz CT molecular complexity index is 3200. The van der Waals surface area contributed by atoms with Gasteiger partial charge in [-0.15, -0.1) is 0 Å². The Kier molecular flexibility index (Phi) is 10.1. The molecule has 0 unspecified atom stereocenters. The molecular formula is C58H46F4N2. The van der Waals surface area contributed by atoms with Crippen LogP contribution in [0.5, 0.6) is 0 Å². The van der Waals surface area contributed by atoms with Gasteiger partial charge in [-0.3, -0.25) is 0 Å². The van der Waals surface area contributed by atoms with Gasteiger partial charge in [-0.05, 0) is 130 Å². The van der Waals surface area contributed by atoms with Crippen LogP contribution in [0.25, 0.3) is 53.9 Å². The second-order valence-electron chi connectivity index (χ2n) is 17.6. The van der Waals surface area contributed by atoms with Crippen LogP contribution in [0.1, 0.15) is 61.8 Å². The summed E-state index contributed by atoms with van der Waals surface area (Å²) in [6, 6.07) is 52.4.